The Bertz CT molecular complexity index is 1370. The third-order valence-electron chi connectivity index (χ3n) is 5.39. The molecule has 10 heteroatoms. The van der Waals surface area contributed by atoms with Crippen molar-refractivity contribution in [2.75, 3.05) is 28.2 Å². The van der Waals surface area contributed by atoms with Crippen LogP contribution in [0.1, 0.15) is 12.0 Å². The maximum absolute atomic E-state index is 12.0. The molecule has 1 unspecified atom stereocenters. The highest BCUT2D eigenvalue weighted by atomic mass is 32.2. The van der Waals surface area contributed by atoms with Crippen LogP contribution in [0.15, 0.2) is 48.8 Å². The van der Waals surface area contributed by atoms with Gasteiger partial charge < -0.3 is 15.6 Å². The summed E-state index contributed by atoms with van der Waals surface area (Å²) < 4.78 is 13.6. The first-order chi connectivity index (χ1) is 15.5. The lowest BCUT2D eigenvalue weighted by atomic mass is 10.0. The normalized spacial score (nSPS) is 14.0. The van der Waals surface area contributed by atoms with Crippen LogP contribution in [0.5, 0.6) is 0 Å². The maximum atomic E-state index is 12.0. The zero-order valence-corrected chi connectivity index (χ0v) is 18.4. The summed E-state index contributed by atoms with van der Waals surface area (Å²) in [4.78, 5) is 28.6. The summed E-state index contributed by atoms with van der Waals surface area (Å²) in [6.07, 6.45) is 6.17. The zero-order chi connectivity index (χ0) is 22.2. The average molecular weight is 448 g/mol. The number of amides is 1. The van der Waals surface area contributed by atoms with E-state index in [2.05, 4.69) is 25.6 Å². The minimum Gasteiger partial charge on any atom is -0.338 e. The molecule has 0 fully saturated rings. The molecule has 0 bridgehead atoms. The molecule has 3 N–H and O–H groups in total. The molecule has 4 aromatic rings. The van der Waals surface area contributed by atoms with Gasteiger partial charge in [-0.3, -0.25) is 9.10 Å². The Hall–Kier alpha value is -3.79. The van der Waals surface area contributed by atoms with Crippen molar-refractivity contribution < 1.29 is 9.00 Å². The van der Waals surface area contributed by atoms with Crippen LogP contribution < -0.4 is 14.9 Å². The summed E-state index contributed by atoms with van der Waals surface area (Å²) >= 11 is 0. The molecular formula is C22H21N7O2S. The van der Waals surface area contributed by atoms with E-state index in [-0.39, 0.29) is 5.91 Å². The molecule has 1 aliphatic heterocycles. The van der Waals surface area contributed by atoms with Crippen LogP contribution in [0.25, 0.3) is 22.4 Å². The van der Waals surface area contributed by atoms with Crippen molar-refractivity contribution in [3.8, 4) is 11.4 Å². The molecule has 0 saturated carbocycles. The van der Waals surface area contributed by atoms with E-state index in [0.717, 1.165) is 28.0 Å². The van der Waals surface area contributed by atoms with Crippen LogP contribution in [0.2, 0.25) is 0 Å². The Balaban J connectivity index is 1.52. The Morgan fingerprint density at radius 2 is 2.00 bits per heavy atom. The first-order valence-corrected chi connectivity index (χ1v) is 11.6. The second-order valence-electron chi connectivity index (χ2n) is 7.48. The summed E-state index contributed by atoms with van der Waals surface area (Å²) in [5.41, 5.74) is 5.05. The lowest BCUT2D eigenvalue weighted by Crippen LogP contribution is -2.20. The summed E-state index contributed by atoms with van der Waals surface area (Å²) in [5, 5.41) is 6.24. The molecule has 0 saturated heterocycles. The first kappa shape index (κ1) is 20.1. The summed E-state index contributed by atoms with van der Waals surface area (Å²) in [7, 11) is 0.514. The highest BCUT2D eigenvalue weighted by Gasteiger charge is 2.18. The smallest absolute Gasteiger partial charge is 0.224 e. The van der Waals surface area contributed by atoms with Crippen LogP contribution in [0.3, 0.4) is 0 Å². The van der Waals surface area contributed by atoms with Crippen molar-refractivity contribution in [2.24, 2.45) is 0 Å². The highest BCUT2D eigenvalue weighted by Crippen LogP contribution is 2.32. The predicted octanol–water partition coefficient (Wildman–Crippen LogP) is 3.38. The van der Waals surface area contributed by atoms with Gasteiger partial charge in [-0.15, -0.1) is 0 Å². The quantitative estimate of drug-likeness (QED) is 0.432. The van der Waals surface area contributed by atoms with Crippen molar-refractivity contribution in [3.63, 3.8) is 0 Å². The third kappa shape index (κ3) is 3.69. The van der Waals surface area contributed by atoms with Gasteiger partial charge in [0.05, 0.1) is 11.1 Å². The van der Waals surface area contributed by atoms with Gasteiger partial charge in [0.2, 0.25) is 5.91 Å². The van der Waals surface area contributed by atoms with Gasteiger partial charge in [0, 0.05) is 43.5 Å². The van der Waals surface area contributed by atoms with Gasteiger partial charge in [0.1, 0.15) is 22.3 Å². The van der Waals surface area contributed by atoms with Gasteiger partial charge in [-0.1, -0.05) is 0 Å². The van der Waals surface area contributed by atoms with E-state index in [1.807, 2.05) is 36.4 Å². The molecule has 0 radical (unpaired) electrons. The van der Waals surface area contributed by atoms with Gasteiger partial charge in [-0.2, -0.15) is 0 Å². The van der Waals surface area contributed by atoms with E-state index in [0.29, 0.717) is 35.8 Å². The topological polar surface area (TPSA) is 116 Å². The summed E-state index contributed by atoms with van der Waals surface area (Å²) in [6, 6.07) is 11.4. The number of H-pyrrole nitrogens is 1. The number of aromatic amines is 1. The Kier molecular flexibility index (Phi) is 5.06. The van der Waals surface area contributed by atoms with Gasteiger partial charge in [-0.25, -0.2) is 19.2 Å². The van der Waals surface area contributed by atoms with Crippen LogP contribution in [0.4, 0.5) is 23.0 Å². The number of hydrogen-bond donors (Lipinski definition) is 3. The lowest BCUT2D eigenvalue weighted by Gasteiger charge is -2.18. The number of benzene rings is 1. The van der Waals surface area contributed by atoms with Crippen LogP contribution in [0, 0.1) is 0 Å². The van der Waals surface area contributed by atoms with E-state index in [1.54, 1.807) is 30.0 Å². The fraction of sp³-hybridized carbons (Fsp3) is 0.182. The SMILES string of the molecule is CN(c1ncccc1-c1nc2c(Nc3ccc4c(c3)CCC(=O)N4)nccc2[nH]1)S(C)=O. The molecule has 9 nitrogen and oxygen atoms in total. The number of pyridine rings is 2. The number of carbonyl (C=O) groups excluding carboxylic acids is 1. The molecule has 3 aromatic heterocycles. The number of nitrogens with zero attached hydrogens (tertiary/aromatic N) is 4. The van der Waals surface area contributed by atoms with E-state index in [1.165, 1.54) is 0 Å². The molecule has 4 heterocycles. The number of fused-ring (bicyclic) bond motifs is 2. The second-order valence-corrected chi connectivity index (χ2v) is 8.88. The monoisotopic (exact) mass is 447 g/mol. The van der Waals surface area contributed by atoms with Gasteiger partial charge in [-0.05, 0) is 48.4 Å². The molecule has 1 aliphatic rings. The minimum absolute atomic E-state index is 0.0426. The summed E-state index contributed by atoms with van der Waals surface area (Å²) in [6.45, 7) is 0. The molecule has 0 spiro atoms. The Morgan fingerprint density at radius 1 is 1.12 bits per heavy atom. The van der Waals surface area contributed by atoms with Crippen LogP contribution >= 0.6 is 0 Å². The predicted molar refractivity (Wildman–Crippen MR) is 126 cm³/mol. The van der Waals surface area contributed by atoms with Crippen molar-refractivity contribution in [1.82, 2.24) is 19.9 Å². The molecule has 162 valence electrons. The molecule has 1 aromatic carbocycles. The molecule has 1 amide bonds. The number of rotatable bonds is 5. The standard InChI is InChI=1S/C22H21N7O2S/c1-29(32(2)31)22-15(4-3-10-24-22)20-27-17-9-11-23-21(19(17)28-20)25-14-6-7-16-13(12-14)5-8-18(30)26-16/h3-4,6-7,9-12H,5,8H2,1-2H3,(H,23,25)(H,26,30)(H,27,28). The number of aromatic nitrogens is 4. The van der Waals surface area contributed by atoms with E-state index >= 15 is 0 Å². The summed E-state index contributed by atoms with van der Waals surface area (Å²) in [5.74, 6) is 1.85. The van der Waals surface area contributed by atoms with E-state index < -0.39 is 11.0 Å². The van der Waals surface area contributed by atoms with Crippen molar-refractivity contribution >= 4 is 50.9 Å². The highest BCUT2D eigenvalue weighted by molar-refractivity contribution is 7.85. The molecule has 5 rings (SSSR count). The maximum Gasteiger partial charge on any atom is 0.224 e. The average Bonchev–Trinajstić information content (AvgIpc) is 3.24. The second kappa shape index (κ2) is 8.04. The number of imidazole rings is 1. The molecular weight excluding hydrogens is 426 g/mol. The fourth-order valence-corrected chi connectivity index (χ4v) is 4.10. The van der Waals surface area contributed by atoms with E-state index in [4.69, 9.17) is 4.98 Å². The van der Waals surface area contributed by atoms with Gasteiger partial charge >= 0.3 is 0 Å². The molecule has 1 atom stereocenters. The van der Waals surface area contributed by atoms with Gasteiger partial charge in [0.15, 0.2) is 11.6 Å². The van der Waals surface area contributed by atoms with Gasteiger partial charge in [0.25, 0.3) is 0 Å². The molecule has 32 heavy (non-hydrogen) atoms. The van der Waals surface area contributed by atoms with Crippen molar-refractivity contribution in [1.29, 1.82) is 0 Å². The molecule has 0 aliphatic carbocycles. The number of carbonyl (C=O) groups is 1. The number of hydrogen-bond acceptors (Lipinski definition) is 6. The van der Waals surface area contributed by atoms with Crippen LogP contribution in [-0.2, 0) is 22.2 Å². The lowest BCUT2D eigenvalue weighted by molar-refractivity contribution is -0.116. The zero-order valence-electron chi connectivity index (χ0n) is 17.5. The first-order valence-electron chi connectivity index (χ1n) is 10.1. The Morgan fingerprint density at radius 3 is 2.84 bits per heavy atom. The largest absolute Gasteiger partial charge is 0.338 e. The number of anilines is 4. The van der Waals surface area contributed by atoms with Crippen molar-refractivity contribution in [2.45, 2.75) is 12.8 Å². The van der Waals surface area contributed by atoms with Crippen LogP contribution in [-0.4, -0.2) is 43.4 Å². The Labute approximate surface area is 186 Å². The fourth-order valence-electron chi connectivity index (χ4n) is 3.71. The third-order valence-corrected chi connectivity index (χ3v) is 6.33. The number of aryl methyl sites for hydroxylation is 1. The number of nitrogens with one attached hydrogen (secondary N) is 3. The van der Waals surface area contributed by atoms with Crippen molar-refractivity contribution in [3.05, 3.63) is 54.4 Å². The van der Waals surface area contributed by atoms with E-state index in [9.17, 15) is 9.00 Å². The minimum atomic E-state index is -1.22.